The van der Waals surface area contributed by atoms with Gasteiger partial charge in [-0.15, -0.1) is 11.8 Å². The number of rotatable bonds is 3. The molecule has 0 aromatic rings. The fourth-order valence-corrected chi connectivity index (χ4v) is 1.64. The average Bonchev–Trinajstić information content (AvgIpc) is 2.03. The second-order valence-corrected chi connectivity index (χ2v) is 3.45. The molecule has 0 fully saturated rings. The fraction of sp³-hybridized carbons (Fsp3) is 0.500. The normalized spacial score (nSPS) is 22.7. The molecule has 0 amide bonds. The summed E-state index contributed by atoms with van der Waals surface area (Å²) in [6.45, 7) is 2.20. The Morgan fingerprint density at radius 1 is 1.50 bits per heavy atom. The van der Waals surface area contributed by atoms with Gasteiger partial charge in [-0.2, -0.15) is 0 Å². The van der Waals surface area contributed by atoms with Crippen molar-refractivity contribution >= 4 is 11.8 Å². The standard InChI is InChI=1S/C8H13NS/c1-2-7-10-8-5-3-4-6-9-8/h3-6,8-9H,2,7H2,1H3. The first-order valence-corrected chi connectivity index (χ1v) is 4.69. The summed E-state index contributed by atoms with van der Waals surface area (Å²) in [5.74, 6) is 1.23. The molecule has 0 saturated heterocycles. The minimum Gasteiger partial charge on any atom is -0.376 e. The lowest BCUT2D eigenvalue weighted by atomic mass is 10.4. The lowest BCUT2D eigenvalue weighted by Crippen LogP contribution is -2.19. The van der Waals surface area contributed by atoms with E-state index in [0.717, 1.165) is 0 Å². The smallest absolute Gasteiger partial charge is 0.0907 e. The summed E-state index contributed by atoms with van der Waals surface area (Å²) in [6.07, 6.45) is 9.53. The summed E-state index contributed by atoms with van der Waals surface area (Å²) < 4.78 is 0. The first-order chi connectivity index (χ1) is 4.93. The van der Waals surface area contributed by atoms with Crippen LogP contribution in [-0.4, -0.2) is 11.1 Å². The average molecular weight is 155 g/mol. The zero-order valence-corrected chi connectivity index (χ0v) is 7.03. The van der Waals surface area contributed by atoms with Gasteiger partial charge in [0.05, 0.1) is 5.37 Å². The van der Waals surface area contributed by atoms with Gasteiger partial charge < -0.3 is 5.32 Å². The predicted octanol–water partition coefficient (Wildman–Crippen LogP) is 2.13. The molecule has 1 N–H and O–H groups in total. The molecule has 1 heterocycles. The Morgan fingerprint density at radius 2 is 2.40 bits per heavy atom. The predicted molar refractivity (Wildman–Crippen MR) is 48.0 cm³/mol. The molecule has 1 atom stereocenters. The Bertz CT molecular complexity index is 140. The first kappa shape index (κ1) is 7.73. The number of hydrogen-bond acceptors (Lipinski definition) is 2. The Hall–Kier alpha value is -0.370. The van der Waals surface area contributed by atoms with E-state index in [0.29, 0.717) is 5.37 Å². The highest BCUT2D eigenvalue weighted by molar-refractivity contribution is 8.00. The van der Waals surface area contributed by atoms with E-state index in [1.54, 1.807) is 0 Å². The Morgan fingerprint density at radius 3 is 3.00 bits per heavy atom. The molecule has 1 aliphatic rings. The van der Waals surface area contributed by atoms with Gasteiger partial charge in [0.2, 0.25) is 0 Å². The maximum absolute atomic E-state index is 3.25. The number of thioether (sulfide) groups is 1. The molecule has 0 bridgehead atoms. The van der Waals surface area contributed by atoms with Crippen molar-refractivity contribution in [2.24, 2.45) is 0 Å². The first-order valence-electron chi connectivity index (χ1n) is 3.64. The summed E-state index contributed by atoms with van der Waals surface area (Å²) >= 11 is 1.95. The van der Waals surface area contributed by atoms with E-state index in [4.69, 9.17) is 0 Å². The second-order valence-electron chi connectivity index (χ2n) is 2.20. The number of nitrogens with one attached hydrogen (secondary N) is 1. The van der Waals surface area contributed by atoms with Crippen LogP contribution in [0.5, 0.6) is 0 Å². The third-order valence-electron chi connectivity index (χ3n) is 1.26. The highest BCUT2D eigenvalue weighted by Crippen LogP contribution is 2.12. The van der Waals surface area contributed by atoms with Crippen LogP contribution in [0.4, 0.5) is 0 Å². The third kappa shape index (κ3) is 2.48. The van der Waals surface area contributed by atoms with Crippen LogP contribution < -0.4 is 5.32 Å². The Balaban J connectivity index is 2.17. The van der Waals surface area contributed by atoms with Gasteiger partial charge in [0.15, 0.2) is 0 Å². The van der Waals surface area contributed by atoms with Crippen molar-refractivity contribution in [2.75, 3.05) is 5.75 Å². The molecule has 1 unspecified atom stereocenters. The van der Waals surface area contributed by atoms with Crippen molar-refractivity contribution in [2.45, 2.75) is 18.7 Å². The molecule has 1 rings (SSSR count). The van der Waals surface area contributed by atoms with E-state index < -0.39 is 0 Å². The molecule has 0 aliphatic carbocycles. The molecule has 0 radical (unpaired) electrons. The van der Waals surface area contributed by atoms with Crippen LogP contribution in [0.15, 0.2) is 24.4 Å². The van der Waals surface area contributed by atoms with Crippen LogP contribution in [0.2, 0.25) is 0 Å². The van der Waals surface area contributed by atoms with Gasteiger partial charge >= 0.3 is 0 Å². The van der Waals surface area contributed by atoms with Crippen molar-refractivity contribution in [3.05, 3.63) is 24.4 Å². The molecule has 1 aliphatic heterocycles. The molecule has 2 heteroatoms. The maximum Gasteiger partial charge on any atom is 0.0907 e. The number of hydrogen-bond donors (Lipinski definition) is 1. The van der Waals surface area contributed by atoms with E-state index in [2.05, 4.69) is 24.4 Å². The molecule has 0 aromatic heterocycles. The van der Waals surface area contributed by atoms with Gasteiger partial charge in [0, 0.05) is 0 Å². The van der Waals surface area contributed by atoms with Crippen molar-refractivity contribution in [1.29, 1.82) is 0 Å². The van der Waals surface area contributed by atoms with Gasteiger partial charge in [0.1, 0.15) is 0 Å². The van der Waals surface area contributed by atoms with Gasteiger partial charge in [-0.1, -0.05) is 19.1 Å². The van der Waals surface area contributed by atoms with E-state index in [-0.39, 0.29) is 0 Å². The molecule has 10 heavy (non-hydrogen) atoms. The summed E-state index contributed by atoms with van der Waals surface area (Å²) in [5, 5.41) is 3.75. The lowest BCUT2D eigenvalue weighted by molar-refractivity contribution is 0.908. The molecule has 0 spiro atoms. The van der Waals surface area contributed by atoms with Crippen LogP contribution in [0.25, 0.3) is 0 Å². The maximum atomic E-state index is 3.25. The van der Waals surface area contributed by atoms with Crippen LogP contribution in [0, 0.1) is 0 Å². The Labute approximate surface area is 66.6 Å². The third-order valence-corrected chi connectivity index (χ3v) is 2.55. The van der Waals surface area contributed by atoms with Crippen LogP contribution in [0.1, 0.15) is 13.3 Å². The van der Waals surface area contributed by atoms with Gasteiger partial charge in [-0.3, -0.25) is 0 Å². The zero-order valence-electron chi connectivity index (χ0n) is 6.21. The van der Waals surface area contributed by atoms with Crippen molar-refractivity contribution < 1.29 is 0 Å². The van der Waals surface area contributed by atoms with Crippen LogP contribution in [-0.2, 0) is 0 Å². The fourth-order valence-electron chi connectivity index (χ4n) is 0.775. The number of allylic oxidation sites excluding steroid dienone is 2. The van der Waals surface area contributed by atoms with Crippen molar-refractivity contribution in [3.8, 4) is 0 Å². The van der Waals surface area contributed by atoms with E-state index in [9.17, 15) is 0 Å². The monoisotopic (exact) mass is 155 g/mol. The minimum absolute atomic E-state index is 0.505. The van der Waals surface area contributed by atoms with Crippen molar-refractivity contribution in [3.63, 3.8) is 0 Å². The summed E-state index contributed by atoms with van der Waals surface area (Å²) in [7, 11) is 0. The Kier molecular flexibility index (Phi) is 3.44. The molecular formula is C8H13NS. The summed E-state index contributed by atoms with van der Waals surface area (Å²) in [5.41, 5.74) is 0. The largest absolute Gasteiger partial charge is 0.376 e. The van der Waals surface area contributed by atoms with Crippen molar-refractivity contribution in [1.82, 2.24) is 5.32 Å². The minimum atomic E-state index is 0.505. The van der Waals surface area contributed by atoms with E-state index in [1.807, 2.05) is 24.0 Å². The molecule has 1 nitrogen and oxygen atoms in total. The van der Waals surface area contributed by atoms with E-state index in [1.165, 1.54) is 12.2 Å². The molecular weight excluding hydrogens is 142 g/mol. The van der Waals surface area contributed by atoms with Crippen LogP contribution >= 0.6 is 11.8 Å². The number of dihydropyridines is 1. The summed E-state index contributed by atoms with van der Waals surface area (Å²) in [4.78, 5) is 0. The quantitative estimate of drug-likeness (QED) is 0.670. The second kappa shape index (κ2) is 4.45. The molecule has 0 saturated carbocycles. The van der Waals surface area contributed by atoms with Gasteiger partial charge in [0.25, 0.3) is 0 Å². The van der Waals surface area contributed by atoms with Gasteiger partial charge in [-0.25, -0.2) is 0 Å². The highest BCUT2D eigenvalue weighted by atomic mass is 32.2. The zero-order chi connectivity index (χ0) is 7.23. The van der Waals surface area contributed by atoms with E-state index >= 15 is 0 Å². The lowest BCUT2D eigenvalue weighted by Gasteiger charge is -2.13. The van der Waals surface area contributed by atoms with Crippen LogP contribution in [0.3, 0.4) is 0 Å². The molecule has 0 aromatic carbocycles. The topological polar surface area (TPSA) is 12.0 Å². The highest BCUT2D eigenvalue weighted by Gasteiger charge is 2.01. The SMILES string of the molecule is CCCSC1C=CC=CN1. The van der Waals surface area contributed by atoms with Gasteiger partial charge in [-0.05, 0) is 24.4 Å². The molecule has 56 valence electrons. The summed E-state index contributed by atoms with van der Waals surface area (Å²) in [6, 6.07) is 0.